The van der Waals surface area contributed by atoms with Gasteiger partial charge in [-0.1, -0.05) is 12.1 Å². The topological polar surface area (TPSA) is 35.5 Å². The van der Waals surface area contributed by atoms with Gasteiger partial charge in [-0.15, -0.1) is 0 Å². The fraction of sp³-hybridized carbons (Fsp3) is 0.533. The first-order valence-electron chi connectivity index (χ1n) is 6.22. The van der Waals surface area contributed by atoms with E-state index in [9.17, 15) is 4.79 Å². The molecular formula is C15H20O3. The summed E-state index contributed by atoms with van der Waals surface area (Å²) in [5, 5.41) is 0. The molecule has 0 atom stereocenters. The average molecular weight is 248 g/mol. The Balaban J connectivity index is 2.39. The van der Waals surface area contributed by atoms with E-state index in [1.165, 1.54) is 29.4 Å². The lowest BCUT2D eigenvalue weighted by Gasteiger charge is -2.42. The number of carbonyl (C=O) groups is 1. The van der Waals surface area contributed by atoms with Gasteiger partial charge in [0.05, 0.1) is 32.2 Å². The van der Waals surface area contributed by atoms with Crippen LogP contribution in [-0.4, -0.2) is 26.3 Å². The van der Waals surface area contributed by atoms with Gasteiger partial charge in [0, 0.05) is 0 Å². The molecule has 0 aromatic heterocycles. The molecule has 0 N–H and O–H groups in total. The van der Waals surface area contributed by atoms with E-state index in [-0.39, 0.29) is 11.4 Å². The van der Waals surface area contributed by atoms with Gasteiger partial charge in [0.1, 0.15) is 0 Å². The Morgan fingerprint density at radius 3 is 2.44 bits per heavy atom. The zero-order valence-corrected chi connectivity index (χ0v) is 11.5. The maximum absolute atomic E-state index is 11.6. The van der Waals surface area contributed by atoms with Crippen molar-refractivity contribution in [2.24, 2.45) is 0 Å². The van der Waals surface area contributed by atoms with Crippen LogP contribution in [0.1, 0.15) is 28.7 Å². The molecule has 1 aliphatic rings. The second kappa shape index (κ2) is 4.73. The Kier molecular flexibility index (Phi) is 3.44. The Hall–Kier alpha value is -1.35. The van der Waals surface area contributed by atoms with Crippen molar-refractivity contribution in [3.05, 3.63) is 34.4 Å². The van der Waals surface area contributed by atoms with Crippen LogP contribution in [0.2, 0.25) is 0 Å². The summed E-state index contributed by atoms with van der Waals surface area (Å²) in [7, 11) is 1.43. The van der Waals surface area contributed by atoms with Crippen molar-refractivity contribution >= 4 is 5.97 Å². The third kappa shape index (κ3) is 2.03. The summed E-state index contributed by atoms with van der Waals surface area (Å²) >= 11 is 0. The van der Waals surface area contributed by atoms with Gasteiger partial charge in [0.25, 0.3) is 0 Å². The number of aryl methyl sites for hydroxylation is 1. The second-order valence-corrected chi connectivity index (χ2v) is 5.21. The number of ether oxygens (including phenoxy) is 2. The second-order valence-electron chi connectivity index (χ2n) is 5.21. The molecule has 0 bridgehead atoms. The molecule has 2 rings (SSSR count). The molecule has 98 valence electrons. The fourth-order valence-corrected chi connectivity index (χ4v) is 2.58. The Bertz CT molecular complexity index is 473. The molecular weight excluding hydrogens is 228 g/mol. The zero-order chi connectivity index (χ0) is 13.3. The summed E-state index contributed by atoms with van der Waals surface area (Å²) in [6.07, 6.45) is 0.396. The van der Waals surface area contributed by atoms with Crippen molar-refractivity contribution in [3.8, 4) is 0 Å². The molecule has 1 fully saturated rings. The van der Waals surface area contributed by atoms with Crippen LogP contribution in [0, 0.1) is 20.8 Å². The van der Waals surface area contributed by atoms with Crippen LogP contribution >= 0.6 is 0 Å². The van der Waals surface area contributed by atoms with Crippen molar-refractivity contribution in [2.45, 2.75) is 32.6 Å². The Labute approximate surface area is 108 Å². The van der Waals surface area contributed by atoms with Gasteiger partial charge in [-0.05, 0) is 43.0 Å². The molecule has 1 saturated heterocycles. The van der Waals surface area contributed by atoms with E-state index in [0.29, 0.717) is 19.6 Å². The minimum Gasteiger partial charge on any atom is -0.469 e. The SMILES string of the molecule is COC(=O)CC1(c2ccc(C)c(C)c2C)COC1. The van der Waals surface area contributed by atoms with E-state index in [0.717, 1.165) is 0 Å². The number of hydrogen-bond donors (Lipinski definition) is 0. The number of rotatable bonds is 3. The molecule has 1 heterocycles. The van der Waals surface area contributed by atoms with Gasteiger partial charge < -0.3 is 9.47 Å². The van der Waals surface area contributed by atoms with Crippen LogP contribution < -0.4 is 0 Å². The highest BCUT2D eigenvalue weighted by atomic mass is 16.5. The molecule has 0 radical (unpaired) electrons. The Morgan fingerprint density at radius 1 is 1.28 bits per heavy atom. The highest BCUT2D eigenvalue weighted by Gasteiger charge is 2.43. The van der Waals surface area contributed by atoms with Gasteiger partial charge in [-0.2, -0.15) is 0 Å². The summed E-state index contributed by atoms with van der Waals surface area (Å²) in [6.45, 7) is 7.56. The molecule has 1 aromatic rings. The lowest BCUT2D eigenvalue weighted by atomic mass is 9.73. The summed E-state index contributed by atoms with van der Waals surface area (Å²) in [6, 6.07) is 4.25. The predicted molar refractivity (Wildman–Crippen MR) is 69.8 cm³/mol. The molecule has 1 aromatic carbocycles. The number of esters is 1. The lowest BCUT2D eigenvalue weighted by molar-refractivity contribution is -0.148. The van der Waals surface area contributed by atoms with Crippen molar-refractivity contribution in [2.75, 3.05) is 20.3 Å². The molecule has 0 aliphatic carbocycles. The third-order valence-electron chi connectivity index (χ3n) is 4.10. The van der Waals surface area contributed by atoms with Crippen molar-refractivity contribution in [1.29, 1.82) is 0 Å². The van der Waals surface area contributed by atoms with Crippen LogP contribution in [0.25, 0.3) is 0 Å². The van der Waals surface area contributed by atoms with Gasteiger partial charge in [-0.3, -0.25) is 4.79 Å². The smallest absolute Gasteiger partial charge is 0.306 e. The summed E-state index contributed by atoms with van der Waals surface area (Å²) in [5.41, 5.74) is 4.88. The van der Waals surface area contributed by atoms with E-state index < -0.39 is 0 Å². The van der Waals surface area contributed by atoms with Crippen LogP contribution in [-0.2, 0) is 19.7 Å². The number of hydrogen-bond acceptors (Lipinski definition) is 3. The normalized spacial score (nSPS) is 17.1. The maximum Gasteiger partial charge on any atom is 0.306 e. The van der Waals surface area contributed by atoms with E-state index in [4.69, 9.17) is 9.47 Å². The van der Waals surface area contributed by atoms with E-state index in [1.54, 1.807) is 0 Å². The van der Waals surface area contributed by atoms with E-state index >= 15 is 0 Å². The quantitative estimate of drug-likeness (QED) is 0.771. The fourth-order valence-electron chi connectivity index (χ4n) is 2.58. The van der Waals surface area contributed by atoms with Gasteiger partial charge in [-0.25, -0.2) is 0 Å². The summed E-state index contributed by atoms with van der Waals surface area (Å²) in [5.74, 6) is -0.170. The standard InChI is InChI=1S/C15H20O3/c1-10-5-6-13(12(3)11(10)2)15(8-18-9-15)7-14(16)17-4/h5-6H,7-9H2,1-4H3. The molecule has 0 spiro atoms. The monoisotopic (exact) mass is 248 g/mol. The average Bonchev–Trinajstić information content (AvgIpc) is 2.31. The van der Waals surface area contributed by atoms with Crippen LogP contribution in [0.5, 0.6) is 0 Å². The van der Waals surface area contributed by atoms with Crippen LogP contribution in [0.15, 0.2) is 12.1 Å². The molecule has 18 heavy (non-hydrogen) atoms. The summed E-state index contributed by atoms with van der Waals surface area (Å²) in [4.78, 5) is 11.6. The molecule has 0 saturated carbocycles. The molecule has 1 aliphatic heterocycles. The summed E-state index contributed by atoms with van der Waals surface area (Å²) < 4.78 is 10.2. The van der Waals surface area contributed by atoms with E-state index in [2.05, 4.69) is 32.9 Å². The Morgan fingerprint density at radius 2 is 1.94 bits per heavy atom. The predicted octanol–water partition coefficient (Wildman–Crippen LogP) is 2.44. The van der Waals surface area contributed by atoms with Crippen LogP contribution in [0.3, 0.4) is 0 Å². The van der Waals surface area contributed by atoms with Gasteiger partial charge in [0.15, 0.2) is 0 Å². The highest BCUT2D eigenvalue weighted by molar-refractivity contribution is 5.72. The van der Waals surface area contributed by atoms with Crippen molar-refractivity contribution in [1.82, 2.24) is 0 Å². The number of carbonyl (C=O) groups excluding carboxylic acids is 1. The first-order chi connectivity index (χ1) is 8.50. The number of methoxy groups -OCH3 is 1. The first-order valence-corrected chi connectivity index (χ1v) is 6.22. The van der Waals surface area contributed by atoms with Gasteiger partial charge in [0.2, 0.25) is 0 Å². The third-order valence-corrected chi connectivity index (χ3v) is 4.10. The van der Waals surface area contributed by atoms with Gasteiger partial charge >= 0.3 is 5.97 Å². The lowest BCUT2D eigenvalue weighted by Crippen LogP contribution is -2.49. The minimum atomic E-state index is -0.185. The van der Waals surface area contributed by atoms with Crippen molar-refractivity contribution in [3.63, 3.8) is 0 Å². The molecule has 0 unspecified atom stereocenters. The minimum absolute atomic E-state index is 0.170. The molecule has 0 amide bonds. The first kappa shape index (κ1) is 13.1. The zero-order valence-electron chi connectivity index (χ0n) is 11.5. The van der Waals surface area contributed by atoms with Crippen molar-refractivity contribution < 1.29 is 14.3 Å². The maximum atomic E-state index is 11.6. The molecule has 3 nitrogen and oxygen atoms in total. The molecule has 3 heteroatoms. The van der Waals surface area contributed by atoms with E-state index in [1.807, 2.05) is 0 Å². The number of benzene rings is 1. The highest BCUT2D eigenvalue weighted by Crippen LogP contribution is 2.39. The van der Waals surface area contributed by atoms with Crippen LogP contribution in [0.4, 0.5) is 0 Å². The largest absolute Gasteiger partial charge is 0.469 e.